The molecule has 0 amide bonds. The van der Waals surface area contributed by atoms with Crippen LogP contribution in [-0.4, -0.2) is 0 Å². The Balaban J connectivity index is 1.47. The van der Waals surface area contributed by atoms with Crippen LogP contribution in [0.5, 0.6) is 0 Å². The Bertz CT molecular complexity index is 1270. The molecule has 4 aromatic rings. The first-order chi connectivity index (χ1) is 16.2. The summed E-state index contributed by atoms with van der Waals surface area (Å²) in [6.07, 6.45) is 6.47. The van der Waals surface area contributed by atoms with Crippen LogP contribution < -0.4 is 0 Å². The monoisotopic (exact) mass is 434 g/mol. The van der Waals surface area contributed by atoms with E-state index in [9.17, 15) is 0 Å². The second-order valence-electron chi connectivity index (χ2n) is 8.70. The summed E-state index contributed by atoms with van der Waals surface area (Å²) in [5, 5.41) is 1.56. The molecule has 0 fully saturated rings. The molecule has 0 radical (unpaired) electrons. The average Bonchev–Trinajstić information content (AvgIpc) is 2.86. The van der Waals surface area contributed by atoms with Crippen LogP contribution in [0.15, 0.2) is 78.9 Å². The van der Waals surface area contributed by atoms with Gasteiger partial charge in [0.2, 0.25) is 0 Å². The number of hydrogen-bond donors (Lipinski definition) is 0. The summed E-state index contributed by atoms with van der Waals surface area (Å²) < 4.78 is 15.1. The van der Waals surface area contributed by atoms with Gasteiger partial charge < -0.3 is 0 Å². The number of halogens is 1. The predicted molar refractivity (Wildman–Crippen MR) is 138 cm³/mol. The van der Waals surface area contributed by atoms with Gasteiger partial charge in [-0.25, -0.2) is 4.39 Å². The molecule has 0 aromatic heterocycles. The highest BCUT2D eigenvalue weighted by molar-refractivity contribution is 5.85. The topological polar surface area (TPSA) is 0 Å². The number of aryl methyl sites for hydroxylation is 4. The number of unbranched alkanes of at least 4 members (excludes halogenated alkanes) is 1. The highest BCUT2D eigenvalue weighted by Crippen LogP contribution is 2.23. The molecule has 0 atom stereocenters. The minimum absolute atomic E-state index is 0.235. The maximum Gasteiger partial charge on any atom is 0.146 e. The van der Waals surface area contributed by atoms with E-state index in [1.165, 1.54) is 35.1 Å². The van der Waals surface area contributed by atoms with Crippen LogP contribution >= 0.6 is 0 Å². The Hall–Kier alpha value is -3.37. The maximum atomic E-state index is 15.1. The highest BCUT2D eigenvalue weighted by Gasteiger charge is 2.07. The van der Waals surface area contributed by atoms with E-state index in [1.54, 1.807) is 6.07 Å². The summed E-state index contributed by atoms with van der Waals surface area (Å²) >= 11 is 0. The lowest BCUT2D eigenvalue weighted by molar-refractivity contribution is 0.636. The zero-order valence-corrected chi connectivity index (χ0v) is 19.6. The van der Waals surface area contributed by atoms with E-state index in [2.05, 4.69) is 68.2 Å². The molecule has 0 N–H and O–H groups in total. The quantitative estimate of drug-likeness (QED) is 0.258. The van der Waals surface area contributed by atoms with Crippen molar-refractivity contribution < 1.29 is 4.39 Å². The number of fused-ring (bicyclic) bond motifs is 1. The van der Waals surface area contributed by atoms with Gasteiger partial charge in [-0.3, -0.25) is 0 Å². The Morgan fingerprint density at radius 2 is 1.27 bits per heavy atom. The molecule has 0 spiro atoms. The van der Waals surface area contributed by atoms with Gasteiger partial charge >= 0.3 is 0 Å². The van der Waals surface area contributed by atoms with E-state index in [-0.39, 0.29) is 5.82 Å². The van der Waals surface area contributed by atoms with E-state index >= 15 is 4.39 Å². The van der Waals surface area contributed by atoms with Crippen molar-refractivity contribution in [2.24, 2.45) is 0 Å². The van der Waals surface area contributed by atoms with Crippen molar-refractivity contribution in [3.8, 4) is 11.8 Å². The third-order valence-corrected chi connectivity index (χ3v) is 6.27. The summed E-state index contributed by atoms with van der Waals surface area (Å²) in [5.41, 5.74) is 6.61. The third kappa shape index (κ3) is 5.91. The lowest BCUT2D eigenvalue weighted by Crippen LogP contribution is -1.93. The SMILES string of the molecule is CCCCc1ccc(C#Cc2ccc3cc(CCc4ccc(CC)cc4)ccc3c2F)cc1. The van der Waals surface area contributed by atoms with Crippen molar-refractivity contribution in [1.29, 1.82) is 0 Å². The first-order valence-electron chi connectivity index (χ1n) is 12.1. The van der Waals surface area contributed by atoms with E-state index < -0.39 is 0 Å². The standard InChI is InChI=1S/C32H31F/c1-3-5-6-25-11-13-27(14-12-25)17-19-29-20-21-30-23-28(18-22-31(30)32(29)33)16-15-26-9-7-24(4-2)8-10-26/h7-14,18,20-23H,3-6,15-16H2,1-2H3. The largest absolute Gasteiger partial charge is 0.205 e. The molecule has 4 rings (SSSR count). The van der Waals surface area contributed by atoms with Gasteiger partial charge in [0.25, 0.3) is 0 Å². The van der Waals surface area contributed by atoms with E-state index in [0.717, 1.165) is 36.6 Å². The van der Waals surface area contributed by atoms with Crippen LogP contribution in [0.1, 0.15) is 60.1 Å². The summed E-state index contributed by atoms with van der Waals surface area (Å²) in [7, 11) is 0. The minimum Gasteiger partial charge on any atom is -0.205 e. The van der Waals surface area contributed by atoms with Gasteiger partial charge in [0.15, 0.2) is 0 Å². The molecule has 0 aliphatic rings. The Labute approximate surface area is 197 Å². The second-order valence-corrected chi connectivity index (χ2v) is 8.70. The number of hydrogen-bond acceptors (Lipinski definition) is 0. The molecule has 0 saturated heterocycles. The maximum absolute atomic E-state index is 15.1. The van der Waals surface area contributed by atoms with Gasteiger partial charge in [0.05, 0.1) is 5.56 Å². The molecule has 0 saturated carbocycles. The van der Waals surface area contributed by atoms with Gasteiger partial charge in [-0.05, 0) is 77.9 Å². The van der Waals surface area contributed by atoms with E-state index in [0.29, 0.717) is 10.9 Å². The van der Waals surface area contributed by atoms with Gasteiger partial charge in [-0.15, -0.1) is 0 Å². The second kappa shape index (κ2) is 11.0. The lowest BCUT2D eigenvalue weighted by atomic mass is 9.99. The molecule has 0 heterocycles. The van der Waals surface area contributed by atoms with Crippen LogP contribution in [0, 0.1) is 17.7 Å². The molecular weight excluding hydrogens is 403 g/mol. The molecule has 0 unspecified atom stereocenters. The smallest absolute Gasteiger partial charge is 0.146 e. The molecular formula is C32H31F. The van der Waals surface area contributed by atoms with Crippen LogP contribution in [0.3, 0.4) is 0 Å². The normalized spacial score (nSPS) is 10.8. The fourth-order valence-electron chi connectivity index (χ4n) is 4.10. The van der Waals surface area contributed by atoms with Crippen molar-refractivity contribution in [1.82, 2.24) is 0 Å². The number of rotatable bonds is 7. The highest BCUT2D eigenvalue weighted by atomic mass is 19.1. The van der Waals surface area contributed by atoms with Gasteiger partial charge in [-0.2, -0.15) is 0 Å². The van der Waals surface area contributed by atoms with Crippen molar-refractivity contribution >= 4 is 10.8 Å². The van der Waals surface area contributed by atoms with Crippen LogP contribution in [0.2, 0.25) is 0 Å². The lowest BCUT2D eigenvalue weighted by Gasteiger charge is -2.07. The predicted octanol–water partition coefficient (Wildman–Crippen LogP) is 8.07. The van der Waals surface area contributed by atoms with Crippen LogP contribution in [0.4, 0.5) is 4.39 Å². The molecule has 0 aliphatic heterocycles. The Kier molecular flexibility index (Phi) is 7.59. The average molecular weight is 435 g/mol. The molecule has 4 aromatic carbocycles. The molecule has 1 heteroatoms. The van der Waals surface area contributed by atoms with Gasteiger partial charge in [0, 0.05) is 10.9 Å². The van der Waals surface area contributed by atoms with Gasteiger partial charge in [-0.1, -0.05) is 92.8 Å². The third-order valence-electron chi connectivity index (χ3n) is 6.27. The molecule has 166 valence electrons. The van der Waals surface area contributed by atoms with Crippen molar-refractivity contribution in [3.05, 3.63) is 118 Å². The summed E-state index contributed by atoms with van der Waals surface area (Å²) in [6, 6.07) is 26.9. The zero-order valence-electron chi connectivity index (χ0n) is 19.6. The summed E-state index contributed by atoms with van der Waals surface area (Å²) in [5.74, 6) is 5.91. The van der Waals surface area contributed by atoms with E-state index in [1.807, 2.05) is 30.3 Å². The van der Waals surface area contributed by atoms with Crippen molar-refractivity contribution in [3.63, 3.8) is 0 Å². The van der Waals surface area contributed by atoms with Crippen LogP contribution in [0.25, 0.3) is 10.8 Å². The zero-order chi connectivity index (χ0) is 23.0. The molecule has 0 nitrogen and oxygen atoms in total. The number of benzene rings is 4. The van der Waals surface area contributed by atoms with Crippen molar-refractivity contribution in [2.45, 2.75) is 52.4 Å². The minimum atomic E-state index is -0.235. The first-order valence-corrected chi connectivity index (χ1v) is 12.1. The fourth-order valence-corrected chi connectivity index (χ4v) is 4.10. The first kappa shape index (κ1) is 22.8. The molecule has 0 aliphatic carbocycles. The molecule has 0 bridgehead atoms. The Morgan fingerprint density at radius 3 is 2.00 bits per heavy atom. The van der Waals surface area contributed by atoms with E-state index in [4.69, 9.17) is 0 Å². The fraction of sp³-hybridized carbons (Fsp3) is 0.250. The van der Waals surface area contributed by atoms with Crippen molar-refractivity contribution in [2.75, 3.05) is 0 Å². The van der Waals surface area contributed by atoms with Gasteiger partial charge in [0.1, 0.15) is 5.82 Å². The molecule has 33 heavy (non-hydrogen) atoms. The Morgan fingerprint density at radius 1 is 0.636 bits per heavy atom. The summed E-state index contributed by atoms with van der Waals surface area (Å²) in [4.78, 5) is 0. The van der Waals surface area contributed by atoms with Crippen LogP contribution in [-0.2, 0) is 25.7 Å². The summed E-state index contributed by atoms with van der Waals surface area (Å²) in [6.45, 7) is 4.37.